The number of primary amides is 1. The highest BCUT2D eigenvalue weighted by Crippen LogP contribution is 2.24. The van der Waals surface area contributed by atoms with Gasteiger partial charge in [-0.1, -0.05) is 24.3 Å². The second kappa shape index (κ2) is 3.10. The van der Waals surface area contributed by atoms with Crippen LogP contribution in [0.1, 0.15) is 5.56 Å². The fourth-order valence-electron chi connectivity index (χ4n) is 1.96. The van der Waals surface area contributed by atoms with Crippen molar-refractivity contribution in [3.05, 3.63) is 46.7 Å². The molecule has 16 heavy (non-hydrogen) atoms. The first-order valence-electron chi connectivity index (χ1n) is 4.96. The van der Waals surface area contributed by atoms with Gasteiger partial charge in [0.2, 0.25) is 5.91 Å². The Morgan fingerprint density at radius 2 is 2.06 bits per heavy atom. The average molecular weight is 211 g/mol. The second-order valence-corrected chi connectivity index (χ2v) is 3.70. The van der Waals surface area contributed by atoms with Crippen LogP contribution < -0.4 is 16.6 Å². The van der Waals surface area contributed by atoms with Crippen LogP contribution in [0, 0.1) is 0 Å². The molecule has 78 valence electrons. The minimum absolute atomic E-state index is 0.499. The Labute approximate surface area is 91.5 Å². The molecule has 3 heteroatoms. The van der Waals surface area contributed by atoms with Crippen LogP contribution in [0.4, 0.5) is 0 Å². The van der Waals surface area contributed by atoms with Gasteiger partial charge in [-0.25, -0.2) is 0 Å². The molecule has 1 aromatic heterocycles. The Bertz CT molecular complexity index is 695. The molecular formula is C13H9NO2. The van der Waals surface area contributed by atoms with E-state index in [2.05, 4.69) is 0 Å². The Kier molecular flexibility index (Phi) is 1.74. The van der Waals surface area contributed by atoms with Crippen molar-refractivity contribution in [3.8, 4) is 11.1 Å². The van der Waals surface area contributed by atoms with E-state index in [1.54, 1.807) is 0 Å². The molecule has 0 saturated carbocycles. The zero-order chi connectivity index (χ0) is 11.1. The number of rotatable bonds is 1. The highest BCUT2D eigenvalue weighted by molar-refractivity contribution is 6.02. The molecule has 0 bridgehead atoms. The lowest BCUT2D eigenvalue weighted by atomic mass is 10.1. The predicted molar refractivity (Wildman–Crippen MR) is 60.6 cm³/mol. The van der Waals surface area contributed by atoms with Gasteiger partial charge in [0.1, 0.15) is 10.8 Å². The first kappa shape index (κ1) is 8.97. The van der Waals surface area contributed by atoms with E-state index in [0.717, 1.165) is 22.1 Å². The Hall–Kier alpha value is -2.29. The van der Waals surface area contributed by atoms with Crippen molar-refractivity contribution in [1.29, 1.82) is 0 Å². The summed E-state index contributed by atoms with van der Waals surface area (Å²) in [6.07, 6.45) is 3.25. The first-order valence-corrected chi connectivity index (χ1v) is 4.96. The van der Waals surface area contributed by atoms with E-state index in [1.807, 2.05) is 36.4 Å². The van der Waals surface area contributed by atoms with Gasteiger partial charge in [-0.05, 0) is 23.3 Å². The fraction of sp³-hybridized carbons (Fsp3) is 0. The zero-order valence-electron chi connectivity index (χ0n) is 8.44. The highest BCUT2D eigenvalue weighted by Gasteiger charge is 2.13. The molecule has 0 unspecified atom stereocenters. The van der Waals surface area contributed by atoms with Crippen molar-refractivity contribution in [1.82, 2.24) is 0 Å². The minimum atomic E-state index is -0.499. The monoisotopic (exact) mass is 211 g/mol. The molecule has 2 aromatic rings. The molecule has 0 radical (unpaired) electrons. The first-order chi connectivity index (χ1) is 7.74. The van der Waals surface area contributed by atoms with Crippen LogP contribution in [0.3, 0.4) is 0 Å². The molecule has 1 amide bonds. The third-order valence-corrected chi connectivity index (χ3v) is 2.60. The Morgan fingerprint density at radius 1 is 1.25 bits per heavy atom. The van der Waals surface area contributed by atoms with Gasteiger partial charge < -0.3 is 10.2 Å². The van der Waals surface area contributed by atoms with Gasteiger partial charge in [0, 0.05) is 11.6 Å². The molecular weight excluding hydrogens is 202 g/mol. The van der Waals surface area contributed by atoms with Gasteiger partial charge in [0.25, 0.3) is 0 Å². The summed E-state index contributed by atoms with van der Waals surface area (Å²) in [6.45, 7) is 0. The van der Waals surface area contributed by atoms with E-state index in [4.69, 9.17) is 10.2 Å². The number of benzene rings is 1. The largest absolute Gasteiger partial charge is 0.456 e. The van der Waals surface area contributed by atoms with Gasteiger partial charge in [0.15, 0.2) is 0 Å². The number of amides is 1. The molecule has 1 heterocycles. The van der Waals surface area contributed by atoms with Crippen molar-refractivity contribution < 1.29 is 9.21 Å². The van der Waals surface area contributed by atoms with Crippen LogP contribution in [-0.2, 0) is 4.79 Å². The van der Waals surface area contributed by atoms with Crippen molar-refractivity contribution in [3.63, 3.8) is 0 Å². The molecule has 3 nitrogen and oxygen atoms in total. The number of furan rings is 1. The summed E-state index contributed by atoms with van der Waals surface area (Å²) in [5, 5.41) is 0. The number of carbonyl (C=O) groups is 1. The summed E-state index contributed by atoms with van der Waals surface area (Å²) in [7, 11) is 0. The maximum absolute atomic E-state index is 10.7. The second-order valence-electron chi connectivity index (χ2n) is 3.70. The quantitative estimate of drug-likeness (QED) is 0.631. The molecule has 0 fully saturated rings. The Morgan fingerprint density at radius 3 is 2.88 bits per heavy atom. The summed E-state index contributed by atoms with van der Waals surface area (Å²) in [4.78, 5) is 10.7. The molecule has 1 aliphatic rings. The maximum Gasteiger partial charge on any atom is 0.245 e. The third-order valence-electron chi connectivity index (χ3n) is 2.60. The summed E-state index contributed by atoms with van der Waals surface area (Å²) in [6, 6.07) is 9.86. The smallest absolute Gasteiger partial charge is 0.245 e. The molecule has 0 atom stereocenters. The molecule has 1 aliphatic carbocycles. The van der Waals surface area contributed by atoms with Crippen LogP contribution >= 0.6 is 0 Å². The van der Waals surface area contributed by atoms with E-state index in [0.29, 0.717) is 5.42 Å². The topological polar surface area (TPSA) is 56.2 Å². The summed E-state index contributed by atoms with van der Waals surface area (Å²) >= 11 is 0. The van der Waals surface area contributed by atoms with Crippen molar-refractivity contribution in [2.45, 2.75) is 0 Å². The summed E-state index contributed by atoms with van der Waals surface area (Å²) in [5.74, 6) is -0.499. The van der Waals surface area contributed by atoms with E-state index in [1.165, 1.54) is 6.08 Å². The lowest BCUT2D eigenvalue weighted by Gasteiger charge is -1.95. The van der Waals surface area contributed by atoms with Crippen LogP contribution in [-0.4, -0.2) is 5.91 Å². The van der Waals surface area contributed by atoms with Gasteiger partial charge >= 0.3 is 0 Å². The van der Waals surface area contributed by atoms with E-state index >= 15 is 0 Å². The van der Waals surface area contributed by atoms with Gasteiger partial charge in [-0.2, -0.15) is 0 Å². The fourth-order valence-corrected chi connectivity index (χ4v) is 1.96. The van der Waals surface area contributed by atoms with E-state index in [-0.39, 0.29) is 0 Å². The van der Waals surface area contributed by atoms with Crippen LogP contribution in [0.25, 0.3) is 23.3 Å². The van der Waals surface area contributed by atoms with Gasteiger partial charge in [-0.3, -0.25) is 4.79 Å². The lowest BCUT2D eigenvalue weighted by Crippen LogP contribution is -2.11. The van der Waals surface area contributed by atoms with E-state index < -0.39 is 5.91 Å². The highest BCUT2D eigenvalue weighted by atomic mass is 16.3. The van der Waals surface area contributed by atoms with Crippen LogP contribution in [0.5, 0.6) is 0 Å². The number of hydrogen-bond donors (Lipinski definition) is 1. The molecule has 3 rings (SSSR count). The molecule has 1 aromatic carbocycles. The number of fused-ring (bicyclic) bond motifs is 3. The van der Waals surface area contributed by atoms with Crippen LogP contribution in [0.15, 0.2) is 34.7 Å². The van der Waals surface area contributed by atoms with Crippen LogP contribution in [0.2, 0.25) is 0 Å². The summed E-state index contributed by atoms with van der Waals surface area (Å²) < 4.78 is 5.51. The SMILES string of the molecule is NC(=O)C=c1cc2c(o1)=Cc1ccccc1-2. The number of hydrogen-bond acceptors (Lipinski definition) is 2. The minimum Gasteiger partial charge on any atom is -0.456 e. The van der Waals surface area contributed by atoms with Crippen molar-refractivity contribution in [2.75, 3.05) is 0 Å². The summed E-state index contributed by atoms with van der Waals surface area (Å²) in [5.41, 5.74) is 9.65. The molecule has 0 aliphatic heterocycles. The predicted octanol–water partition coefficient (Wildman–Crippen LogP) is 0.355. The maximum atomic E-state index is 10.7. The standard InChI is InChI=1S/C13H9NO2/c14-13(15)7-9-6-11-10-4-2-1-3-8(10)5-12(11)16-9/h1-7H,(H2,14,15). The molecule has 0 saturated heterocycles. The van der Waals surface area contributed by atoms with Gasteiger partial charge in [0.05, 0.1) is 0 Å². The van der Waals surface area contributed by atoms with Crippen molar-refractivity contribution >= 4 is 18.1 Å². The van der Waals surface area contributed by atoms with Crippen molar-refractivity contribution in [2.24, 2.45) is 5.73 Å². The Balaban J connectivity index is 2.26. The van der Waals surface area contributed by atoms with Gasteiger partial charge in [-0.15, -0.1) is 0 Å². The molecule has 0 spiro atoms. The third kappa shape index (κ3) is 1.26. The zero-order valence-corrected chi connectivity index (χ0v) is 8.44. The number of carbonyl (C=O) groups excluding carboxylic acids is 1. The van der Waals surface area contributed by atoms with E-state index in [9.17, 15) is 4.79 Å². The normalized spacial score (nSPS) is 13.1. The molecule has 2 N–H and O–H groups in total. The lowest BCUT2D eigenvalue weighted by molar-refractivity contribution is -0.112. The average Bonchev–Trinajstić information content (AvgIpc) is 2.73. The number of nitrogens with two attached hydrogens (primary N) is 1.